The van der Waals surface area contributed by atoms with Gasteiger partial charge in [-0.25, -0.2) is 0 Å². The number of carbonyl (C=O) groups excluding carboxylic acids is 1. The second-order valence-corrected chi connectivity index (χ2v) is 5.65. The first-order valence-corrected chi connectivity index (χ1v) is 7.75. The third-order valence-electron chi connectivity index (χ3n) is 3.79. The molecule has 0 bridgehead atoms. The molecule has 1 heterocycles. The van der Waals surface area contributed by atoms with E-state index >= 15 is 0 Å². The van der Waals surface area contributed by atoms with Gasteiger partial charge in [-0.2, -0.15) is 8.78 Å². The average Bonchev–Trinajstić information content (AvgIpc) is 2.77. The Morgan fingerprint density at radius 1 is 1.30 bits per heavy atom. The smallest absolute Gasteiger partial charge is 0.387 e. The Morgan fingerprint density at radius 3 is 2.74 bits per heavy atom. The SMILES string of the molecule is CN(Cc1ccc(OC(F)F)cc1)C(=O)CN1CCCNCC1. The number of rotatable bonds is 6. The number of nitrogens with zero attached hydrogens (tertiary/aromatic N) is 2. The molecule has 0 saturated carbocycles. The van der Waals surface area contributed by atoms with E-state index in [4.69, 9.17) is 0 Å². The number of hydrogen-bond donors (Lipinski definition) is 1. The lowest BCUT2D eigenvalue weighted by Crippen LogP contribution is -2.39. The van der Waals surface area contributed by atoms with Gasteiger partial charge >= 0.3 is 6.61 Å². The zero-order valence-electron chi connectivity index (χ0n) is 13.3. The maximum absolute atomic E-state index is 12.3. The van der Waals surface area contributed by atoms with Gasteiger partial charge in [0.1, 0.15) is 5.75 Å². The molecule has 128 valence electrons. The van der Waals surface area contributed by atoms with Crippen molar-refractivity contribution in [2.75, 3.05) is 39.8 Å². The fraction of sp³-hybridized carbons (Fsp3) is 0.562. The summed E-state index contributed by atoms with van der Waals surface area (Å²) in [4.78, 5) is 16.1. The average molecular weight is 327 g/mol. The molecule has 1 N–H and O–H groups in total. The van der Waals surface area contributed by atoms with E-state index in [0.29, 0.717) is 13.1 Å². The van der Waals surface area contributed by atoms with Crippen molar-refractivity contribution in [1.29, 1.82) is 0 Å². The number of ether oxygens (including phenoxy) is 1. The Hall–Kier alpha value is -1.73. The third-order valence-corrected chi connectivity index (χ3v) is 3.79. The van der Waals surface area contributed by atoms with Gasteiger partial charge in [0.05, 0.1) is 6.54 Å². The van der Waals surface area contributed by atoms with E-state index in [0.717, 1.165) is 38.2 Å². The van der Waals surface area contributed by atoms with E-state index in [1.54, 1.807) is 24.1 Å². The molecule has 0 radical (unpaired) electrons. The topological polar surface area (TPSA) is 44.8 Å². The van der Waals surface area contributed by atoms with Crippen molar-refractivity contribution in [1.82, 2.24) is 15.1 Å². The molecular weight excluding hydrogens is 304 g/mol. The summed E-state index contributed by atoms with van der Waals surface area (Å²) in [7, 11) is 1.75. The molecule has 0 aromatic heterocycles. The fourth-order valence-corrected chi connectivity index (χ4v) is 2.51. The van der Waals surface area contributed by atoms with E-state index in [-0.39, 0.29) is 11.7 Å². The Kier molecular flexibility index (Phi) is 6.73. The summed E-state index contributed by atoms with van der Waals surface area (Å²) in [6.45, 7) is 1.72. The maximum Gasteiger partial charge on any atom is 0.387 e. The van der Waals surface area contributed by atoms with Crippen molar-refractivity contribution in [2.24, 2.45) is 0 Å². The van der Waals surface area contributed by atoms with Gasteiger partial charge in [0.25, 0.3) is 0 Å². The molecule has 7 heteroatoms. The van der Waals surface area contributed by atoms with Crippen LogP contribution in [-0.2, 0) is 11.3 Å². The fourth-order valence-electron chi connectivity index (χ4n) is 2.51. The number of carbonyl (C=O) groups is 1. The summed E-state index contributed by atoms with van der Waals surface area (Å²) >= 11 is 0. The van der Waals surface area contributed by atoms with Crippen molar-refractivity contribution >= 4 is 5.91 Å². The normalized spacial score (nSPS) is 16.2. The molecule has 1 saturated heterocycles. The van der Waals surface area contributed by atoms with Crippen molar-refractivity contribution in [3.8, 4) is 5.75 Å². The molecule has 0 aliphatic carbocycles. The molecule has 1 aromatic rings. The van der Waals surface area contributed by atoms with E-state index in [1.807, 2.05) is 0 Å². The predicted molar refractivity (Wildman–Crippen MR) is 83.5 cm³/mol. The molecule has 0 atom stereocenters. The van der Waals surface area contributed by atoms with Crippen LogP contribution in [-0.4, -0.2) is 62.1 Å². The van der Waals surface area contributed by atoms with E-state index in [2.05, 4.69) is 15.0 Å². The van der Waals surface area contributed by atoms with Gasteiger partial charge in [-0.05, 0) is 37.2 Å². The van der Waals surface area contributed by atoms with Gasteiger partial charge in [0.2, 0.25) is 5.91 Å². The van der Waals surface area contributed by atoms with Gasteiger partial charge in [0, 0.05) is 26.7 Å². The molecule has 23 heavy (non-hydrogen) atoms. The molecule has 1 amide bonds. The predicted octanol–water partition coefficient (Wildman–Crippen LogP) is 1.54. The van der Waals surface area contributed by atoms with Crippen LogP contribution in [0.15, 0.2) is 24.3 Å². The zero-order chi connectivity index (χ0) is 16.7. The molecule has 5 nitrogen and oxygen atoms in total. The monoisotopic (exact) mass is 327 g/mol. The molecule has 1 fully saturated rings. The van der Waals surface area contributed by atoms with Gasteiger partial charge in [-0.1, -0.05) is 12.1 Å². The van der Waals surface area contributed by atoms with Crippen LogP contribution < -0.4 is 10.1 Å². The number of hydrogen-bond acceptors (Lipinski definition) is 4. The number of amides is 1. The van der Waals surface area contributed by atoms with Crippen molar-refractivity contribution in [3.63, 3.8) is 0 Å². The van der Waals surface area contributed by atoms with Crippen molar-refractivity contribution < 1.29 is 18.3 Å². The number of halogens is 2. The van der Waals surface area contributed by atoms with E-state index in [1.165, 1.54) is 12.1 Å². The van der Waals surface area contributed by atoms with Crippen LogP contribution in [0.3, 0.4) is 0 Å². The lowest BCUT2D eigenvalue weighted by Gasteiger charge is -2.23. The van der Waals surface area contributed by atoms with Crippen molar-refractivity contribution in [3.05, 3.63) is 29.8 Å². The highest BCUT2D eigenvalue weighted by Gasteiger charge is 2.16. The Balaban J connectivity index is 1.82. The van der Waals surface area contributed by atoms with Crippen LogP contribution in [0.2, 0.25) is 0 Å². The molecular formula is C16H23F2N3O2. The summed E-state index contributed by atoms with van der Waals surface area (Å²) in [5.41, 5.74) is 0.875. The van der Waals surface area contributed by atoms with Crippen LogP contribution in [0.25, 0.3) is 0 Å². The first-order valence-electron chi connectivity index (χ1n) is 7.75. The largest absolute Gasteiger partial charge is 0.435 e. The minimum absolute atomic E-state index is 0.0554. The second kappa shape index (κ2) is 8.79. The lowest BCUT2D eigenvalue weighted by molar-refractivity contribution is -0.131. The zero-order valence-corrected chi connectivity index (χ0v) is 13.3. The summed E-state index contributed by atoms with van der Waals surface area (Å²) < 4.78 is 28.5. The maximum atomic E-state index is 12.3. The molecule has 2 rings (SSSR count). The lowest BCUT2D eigenvalue weighted by atomic mass is 10.2. The van der Waals surface area contributed by atoms with Gasteiger partial charge in [0.15, 0.2) is 0 Å². The second-order valence-electron chi connectivity index (χ2n) is 5.65. The number of likely N-dealkylation sites (N-methyl/N-ethyl adjacent to an activating group) is 1. The number of benzene rings is 1. The third kappa shape index (κ3) is 6.11. The van der Waals surface area contributed by atoms with Crippen LogP contribution in [0.5, 0.6) is 5.75 Å². The molecule has 1 aromatic carbocycles. The Labute approximate surface area is 135 Å². The van der Waals surface area contributed by atoms with E-state index < -0.39 is 6.61 Å². The van der Waals surface area contributed by atoms with Crippen LogP contribution in [0, 0.1) is 0 Å². The van der Waals surface area contributed by atoms with E-state index in [9.17, 15) is 13.6 Å². The number of alkyl halides is 2. The molecule has 0 spiro atoms. The first kappa shape index (κ1) is 17.6. The van der Waals surface area contributed by atoms with Gasteiger partial charge in [-0.3, -0.25) is 9.69 Å². The highest BCUT2D eigenvalue weighted by Crippen LogP contribution is 2.15. The van der Waals surface area contributed by atoms with Gasteiger partial charge in [-0.15, -0.1) is 0 Å². The number of nitrogens with one attached hydrogen (secondary N) is 1. The van der Waals surface area contributed by atoms with Crippen molar-refractivity contribution in [2.45, 2.75) is 19.6 Å². The molecule has 1 aliphatic heterocycles. The Morgan fingerprint density at radius 2 is 2.04 bits per heavy atom. The minimum Gasteiger partial charge on any atom is -0.435 e. The standard InChI is InChI=1S/C16H23F2N3O2/c1-20(15(22)12-21-9-2-7-19-8-10-21)11-13-3-5-14(6-4-13)23-16(17)18/h3-6,16,19H,2,7-12H2,1H3. The highest BCUT2D eigenvalue weighted by molar-refractivity contribution is 5.78. The summed E-state index contributed by atoms with van der Waals surface area (Å²) in [6.07, 6.45) is 1.04. The Bertz CT molecular complexity index is 489. The summed E-state index contributed by atoms with van der Waals surface area (Å²) in [6, 6.07) is 6.36. The van der Waals surface area contributed by atoms with Gasteiger partial charge < -0.3 is 15.0 Å². The van der Waals surface area contributed by atoms with Crippen LogP contribution in [0.4, 0.5) is 8.78 Å². The molecule has 0 unspecified atom stereocenters. The molecule has 1 aliphatic rings. The summed E-state index contributed by atoms with van der Waals surface area (Å²) in [5, 5.41) is 3.31. The summed E-state index contributed by atoms with van der Waals surface area (Å²) in [5.74, 6) is 0.176. The van der Waals surface area contributed by atoms with Crippen LogP contribution in [0.1, 0.15) is 12.0 Å². The minimum atomic E-state index is -2.83. The quantitative estimate of drug-likeness (QED) is 0.861. The first-order chi connectivity index (χ1) is 11.0. The highest BCUT2D eigenvalue weighted by atomic mass is 19.3. The van der Waals surface area contributed by atoms with Crippen LogP contribution >= 0.6 is 0 Å².